The monoisotopic (exact) mass is 509 g/mol. The molecule has 0 aliphatic heterocycles. The summed E-state index contributed by atoms with van der Waals surface area (Å²) in [6.07, 6.45) is 35.2. The molecule has 210 valence electrons. The number of hydrogen-bond acceptors (Lipinski definition) is 0. The van der Waals surface area contributed by atoms with E-state index in [1.54, 1.807) is 5.82 Å². The third-order valence-electron chi connectivity index (χ3n) is 8.05. The minimum Gasteiger partial charge on any atom is -0.234 e. The van der Waals surface area contributed by atoms with Crippen LogP contribution in [0.3, 0.4) is 0 Å². The van der Waals surface area contributed by atoms with Gasteiger partial charge in [-0.3, -0.25) is 0 Å². The van der Waals surface area contributed by atoms with Crippen molar-refractivity contribution >= 4 is 0 Å². The zero-order valence-electron chi connectivity index (χ0n) is 24.9. The van der Waals surface area contributed by atoms with Gasteiger partial charge in [0.05, 0.1) is 13.1 Å². The topological polar surface area (TPSA) is 8.81 Å². The van der Waals surface area contributed by atoms with Crippen molar-refractivity contribution in [1.29, 1.82) is 0 Å². The largest absolute Gasteiger partial charge is 0.256 e. The Labute approximate surface area is 231 Å². The highest BCUT2D eigenvalue weighted by atomic mass is 15.1. The van der Waals surface area contributed by atoms with E-state index in [9.17, 15) is 0 Å². The van der Waals surface area contributed by atoms with Crippen LogP contribution in [-0.4, -0.2) is 4.57 Å². The first-order chi connectivity index (χ1) is 18.3. The second-order valence-electron chi connectivity index (χ2n) is 11.5. The first-order valence-electron chi connectivity index (χ1n) is 16.5. The zero-order valence-corrected chi connectivity index (χ0v) is 24.9. The van der Waals surface area contributed by atoms with E-state index in [0.29, 0.717) is 0 Å². The third kappa shape index (κ3) is 15.4. The molecule has 0 aliphatic rings. The second-order valence-corrected chi connectivity index (χ2v) is 11.5. The molecular weight excluding hydrogens is 448 g/mol. The lowest BCUT2D eigenvalue weighted by molar-refractivity contribution is -0.704. The van der Waals surface area contributed by atoms with E-state index in [1.807, 2.05) is 0 Å². The van der Waals surface area contributed by atoms with Gasteiger partial charge < -0.3 is 0 Å². The molecular formula is C35H61N2+. The summed E-state index contributed by atoms with van der Waals surface area (Å²) in [4.78, 5) is 0. The molecule has 0 spiro atoms. The molecule has 0 amide bonds. The Balaban J connectivity index is 1.72. The van der Waals surface area contributed by atoms with Crippen LogP contribution in [0.4, 0.5) is 0 Å². The van der Waals surface area contributed by atoms with E-state index in [1.165, 1.54) is 153 Å². The van der Waals surface area contributed by atoms with Gasteiger partial charge in [-0.25, -0.2) is 9.13 Å². The molecule has 37 heavy (non-hydrogen) atoms. The van der Waals surface area contributed by atoms with Gasteiger partial charge in [0.25, 0.3) is 5.82 Å². The standard InChI is InChI=1S/C35H61N2/c1-3-5-7-9-11-13-14-16-18-23-29-35-36(30-24-19-17-15-12-10-8-6-4-2)32-33-37(35)31-25-28-34-26-21-20-22-27-34/h20-22,26-27,32-33H,3-19,23-25,28-31H2,1-2H3/q+1. The zero-order chi connectivity index (χ0) is 26.2. The average molecular weight is 510 g/mol. The number of aryl methyl sites for hydroxylation is 3. The lowest BCUT2D eigenvalue weighted by atomic mass is 10.1. The Hall–Kier alpha value is -1.57. The van der Waals surface area contributed by atoms with Gasteiger partial charge in [0.1, 0.15) is 12.4 Å². The van der Waals surface area contributed by atoms with Crippen molar-refractivity contribution in [2.75, 3.05) is 0 Å². The summed E-state index contributed by atoms with van der Waals surface area (Å²) < 4.78 is 5.17. The van der Waals surface area contributed by atoms with Crippen molar-refractivity contribution in [3.05, 3.63) is 54.1 Å². The van der Waals surface area contributed by atoms with Gasteiger partial charge >= 0.3 is 0 Å². The van der Waals surface area contributed by atoms with Gasteiger partial charge in [0.2, 0.25) is 0 Å². The van der Waals surface area contributed by atoms with E-state index in [0.717, 1.165) is 6.54 Å². The SMILES string of the molecule is CCCCCCCCCCCCc1n(CCCCCCCCCCC)cc[n+]1CCCc1ccccc1. The summed E-state index contributed by atoms with van der Waals surface area (Å²) in [5, 5.41) is 0. The van der Waals surface area contributed by atoms with Gasteiger partial charge in [0, 0.05) is 6.42 Å². The smallest absolute Gasteiger partial charge is 0.234 e. The van der Waals surface area contributed by atoms with Crippen LogP contribution in [0.25, 0.3) is 0 Å². The number of hydrogen-bond donors (Lipinski definition) is 0. The van der Waals surface area contributed by atoms with E-state index in [4.69, 9.17) is 0 Å². The molecule has 0 atom stereocenters. The van der Waals surface area contributed by atoms with Crippen LogP contribution in [-0.2, 0) is 25.9 Å². The van der Waals surface area contributed by atoms with Crippen LogP contribution < -0.4 is 4.57 Å². The molecule has 0 saturated heterocycles. The normalized spacial score (nSPS) is 11.4. The first-order valence-corrected chi connectivity index (χ1v) is 16.5. The van der Waals surface area contributed by atoms with Crippen LogP contribution in [0.5, 0.6) is 0 Å². The summed E-state index contributed by atoms with van der Waals surface area (Å²) in [6.45, 7) is 6.96. The van der Waals surface area contributed by atoms with Crippen LogP contribution in [0, 0.1) is 0 Å². The molecule has 1 aromatic heterocycles. The predicted octanol–water partition coefficient (Wildman–Crippen LogP) is 10.4. The number of rotatable bonds is 25. The molecule has 1 aromatic carbocycles. The lowest BCUT2D eigenvalue weighted by Gasteiger charge is -2.07. The molecule has 2 heteroatoms. The Morgan fingerprint density at radius 3 is 1.62 bits per heavy atom. The number of benzene rings is 1. The maximum Gasteiger partial charge on any atom is 0.256 e. The molecule has 0 bridgehead atoms. The van der Waals surface area contributed by atoms with E-state index in [-0.39, 0.29) is 0 Å². The molecule has 2 rings (SSSR count). The van der Waals surface area contributed by atoms with Gasteiger partial charge in [0.15, 0.2) is 0 Å². The van der Waals surface area contributed by atoms with Crippen LogP contribution in [0.1, 0.15) is 154 Å². The van der Waals surface area contributed by atoms with Crippen LogP contribution >= 0.6 is 0 Å². The first kappa shape index (κ1) is 31.6. The van der Waals surface area contributed by atoms with Crippen molar-refractivity contribution in [3.8, 4) is 0 Å². The molecule has 2 aromatic rings. The summed E-state index contributed by atoms with van der Waals surface area (Å²) in [5.41, 5.74) is 1.47. The fourth-order valence-electron chi connectivity index (χ4n) is 5.65. The fourth-order valence-corrected chi connectivity index (χ4v) is 5.65. The molecule has 2 nitrogen and oxygen atoms in total. The highest BCUT2D eigenvalue weighted by Gasteiger charge is 2.16. The number of aromatic nitrogens is 2. The Morgan fingerprint density at radius 1 is 0.541 bits per heavy atom. The number of nitrogens with zero attached hydrogens (tertiary/aromatic N) is 2. The van der Waals surface area contributed by atoms with Crippen molar-refractivity contribution in [1.82, 2.24) is 4.57 Å². The summed E-state index contributed by atoms with van der Waals surface area (Å²) >= 11 is 0. The van der Waals surface area contributed by atoms with E-state index in [2.05, 4.69) is 65.7 Å². The summed E-state index contributed by atoms with van der Waals surface area (Å²) in [7, 11) is 0. The molecule has 0 radical (unpaired) electrons. The van der Waals surface area contributed by atoms with Gasteiger partial charge in [-0.2, -0.15) is 0 Å². The minimum absolute atomic E-state index is 1.15. The Kier molecular flexibility index (Phi) is 19.2. The van der Waals surface area contributed by atoms with Gasteiger partial charge in [-0.05, 0) is 37.7 Å². The Morgan fingerprint density at radius 2 is 1.05 bits per heavy atom. The van der Waals surface area contributed by atoms with Crippen molar-refractivity contribution in [2.24, 2.45) is 0 Å². The molecule has 1 heterocycles. The maximum absolute atomic E-state index is 2.59. The molecule has 0 N–H and O–H groups in total. The molecule has 0 unspecified atom stereocenters. The van der Waals surface area contributed by atoms with E-state index >= 15 is 0 Å². The molecule has 0 fully saturated rings. The highest BCUT2D eigenvalue weighted by Crippen LogP contribution is 2.14. The number of imidazole rings is 1. The maximum atomic E-state index is 2.59. The quantitative estimate of drug-likeness (QED) is 0.0929. The molecule has 0 aliphatic carbocycles. The van der Waals surface area contributed by atoms with Gasteiger partial charge in [-0.15, -0.1) is 0 Å². The van der Waals surface area contributed by atoms with Gasteiger partial charge in [-0.1, -0.05) is 147 Å². The van der Waals surface area contributed by atoms with Crippen molar-refractivity contribution in [2.45, 2.75) is 168 Å². The van der Waals surface area contributed by atoms with E-state index < -0.39 is 0 Å². The average Bonchev–Trinajstić information content (AvgIpc) is 3.30. The highest BCUT2D eigenvalue weighted by molar-refractivity contribution is 5.14. The lowest BCUT2D eigenvalue weighted by Crippen LogP contribution is -2.37. The van der Waals surface area contributed by atoms with Crippen LogP contribution in [0.15, 0.2) is 42.7 Å². The second kappa shape index (κ2) is 22.4. The minimum atomic E-state index is 1.15. The molecule has 0 saturated carbocycles. The van der Waals surface area contributed by atoms with Crippen molar-refractivity contribution < 1.29 is 4.57 Å². The Bertz CT molecular complexity index is 748. The van der Waals surface area contributed by atoms with Crippen molar-refractivity contribution in [3.63, 3.8) is 0 Å². The summed E-state index contributed by atoms with van der Waals surface area (Å²) in [6, 6.07) is 11.0. The number of unbranched alkanes of at least 4 members (excludes halogenated alkanes) is 17. The third-order valence-corrected chi connectivity index (χ3v) is 8.05. The fraction of sp³-hybridized carbons (Fsp3) is 0.743. The predicted molar refractivity (Wildman–Crippen MR) is 162 cm³/mol. The summed E-state index contributed by atoms with van der Waals surface area (Å²) in [5.74, 6) is 1.58. The van der Waals surface area contributed by atoms with Crippen LogP contribution in [0.2, 0.25) is 0 Å².